The number of Topliss-reactive ketones (excluding diaryl/α,β-unsaturated/α-hetero) is 1. The summed E-state index contributed by atoms with van der Waals surface area (Å²) in [6, 6.07) is 3.36. The highest BCUT2D eigenvalue weighted by molar-refractivity contribution is 5.95. The Labute approximate surface area is 126 Å². The normalized spacial score (nSPS) is 10.6. The standard InChI is InChI=1S/C17H22O4/c1-12(18)13-9-15(20-5)14(16(10-13)21-6)7-8-17(2,3)11-19-4/h9-10H,11H2,1-6H3. The van der Waals surface area contributed by atoms with Crippen molar-refractivity contribution in [1.82, 2.24) is 0 Å². The van der Waals surface area contributed by atoms with E-state index in [4.69, 9.17) is 14.2 Å². The predicted octanol–water partition coefficient (Wildman–Crippen LogP) is 2.93. The van der Waals surface area contributed by atoms with Gasteiger partial charge in [-0.15, -0.1) is 0 Å². The number of ether oxygens (including phenoxy) is 3. The van der Waals surface area contributed by atoms with Crippen LogP contribution in [0.15, 0.2) is 12.1 Å². The summed E-state index contributed by atoms with van der Waals surface area (Å²) in [5.41, 5.74) is 0.879. The number of hydrogen-bond donors (Lipinski definition) is 0. The van der Waals surface area contributed by atoms with Crippen LogP contribution in [0, 0.1) is 17.3 Å². The fourth-order valence-corrected chi connectivity index (χ4v) is 1.87. The maximum Gasteiger partial charge on any atom is 0.160 e. The zero-order valence-corrected chi connectivity index (χ0v) is 13.5. The molecule has 1 aromatic carbocycles. The monoisotopic (exact) mass is 290 g/mol. The Morgan fingerprint density at radius 1 is 1.14 bits per heavy atom. The average Bonchev–Trinajstić information content (AvgIpc) is 2.43. The lowest BCUT2D eigenvalue weighted by atomic mass is 9.95. The van der Waals surface area contributed by atoms with Crippen LogP contribution >= 0.6 is 0 Å². The maximum absolute atomic E-state index is 11.5. The van der Waals surface area contributed by atoms with E-state index in [2.05, 4.69) is 11.8 Å². The zero-order chi connectivity index (χ0) is 16.0. The highest BCUT2D eigenvalue weighted by atomic mass is 16.5. The molecule has 0 unspecified atom stereocenters. The molecule has 0 saturated heterocycles. The topological polar surface area (TPSA) is 44.8 Å². The fraction of sp³-hybridized carbons (Fsp3) is 0.471. The summed E-state index contributed by atoms with van der Waals surface area (Å²) in [5.74, 6) is 7.24. The van der Waals surface area contributed by atoms with Gasteiger partial charge in [0.1, 0.15) is 17.1 Å². The van der Waals surface area contributed by atoms with Gasteiger partial charge in [0.05, 0.1) is 20.8 Å². The summed E-state index contributed by atoms with van der Waals surface area (Å²) >= 11 is 0. The van der Waals surface area contributed by atoms with Crippen molar-refractivity contribution in [2.24, 2.45) is 5.41 Å². The van der Waals surface area contributed by atoms with E-state index in [0.717, 1.165) is 0 Å². The molecule has 0 aliphatic rings. The van der Waals surface area contributed by atoms with Crippen molar-refractivity contribution in [3.05, 3.63) is 23.3 Å². The minimum Gasteiger partial charge on any atom is -0.495 e. The van der Waals surface area contributed by atoms with E-state index < -0.39 is 0 Å². The van der Waals surface area contributed by atoms with E-state index >= 15 is 0 Å². The molecule has 0 fully saturated rings. The van der Waals surface area contributed by atoms with Gasteiger partial charge in [-0.25, -0.2) is 0 Å². The van der Waals surface area contributed by atoms with Gasteiger partial charge in [0.25, 0.3) is 0 Å². The molecular formula is C17H22O4. The summed E-state index contributed by atoms with van der Waals surface area (Å²) in [7, 11) is 4.74. The van der Waals surface area contributed by atoms with E-state index in [1.807, 2.05) is 13.8 Å². The first kappa shape index (κ1) is 17.1. The summed E-state index contributed by atoms with van der Waals surface area (Å²) in [6.45, 7) is 6.01. The van der Waals surface area contributed by atoms with E-state index in [0.29, 0.717) is 29.2 Å². The molecule has 0 N–H and O–H groups in total. The molecule has 0 radical (unpaired) electrons. The van der Waals surface area contributed by atoms with Crippen LogP contribution in [0.1, 0.15) is 36.7 Å². The lowest BCUT2D eigenvalue weighted by Crippen LogP contribution is -2.15. The molecule has 21 heavy (non-hydrogen) atoms. The Morgan fingerprint density at radius 3 is 2.05 bits per heavy atom. The fourth-order valence-electron chi connectivity index (χ4n) is 1.87. The number of benzene rings is 1. The maximum atomic E-state index is 11.5. The van der Waals surface area contributed by atoms with Gasteiger partial charge in [0.2, 0.25) is 0 Å². The quantitative estimate of drug-likeness (QED) is 0.618. The Morgan fingerprint density at radius 2 is 1.67 bits per heavy atom. The molecule has 1 aromatic rings. The van der Waals surface area contributed by atoms with Gasteiger partial charge in [-0.05, 0) is 32.9 Å². The minimum absolute atomic E-state index is 0.0502. The second kappa shape index (κ2) is 7.14. The second-order valence-corrected chi connectivity index (χ2v) is 5.38. The van der Waals surface area contributed by atoms with Crippen LogP contribution < -0.4 is 9.47 Å². The first-order valence-electron chi connectivity index (χ1n) is 6.63. The van der Waals surface area contributed by atoms with Crippen molar-refractivity contribution in [2.45, 2.75) is 20.8 Å². The third-order valence-electron chi connectivity index (χ3n) is 2.94. The molecule has 0 aliphatic heterocycles. The third-order valence-corrected chi connectivity index (χ3v) is 2.94. The van der Waals surface area contributed by atoms with Crippen molar-refractivity contribution in [1.29, 1.82) is 0 Å². The van der Waals surface area contributed by atoms with Crippen LogP contribution in [-0.2, 0) is 4.74 Å². The lowest BCUT2D eigenvalue weighted by molar-refractivity contribution is 0.101. The van der Waals surface area contributed by atoms with Crippen molar-refractivity contribution in [3.63, 3.8) is 0 Å². The van der Waals surface area contributed by atoms with Gasteiger partial charge in [-0.1, -0.05) is 11.8 Å². The van der Waals surface area contributed by atoms with Gasteiger partial charge >= 0.3 is 0 Å². The number of ketones is 1. The summed E-state index contributed by atoms with van der Waals surface area (Å²) < 4.78 is 15.8. The number of hydrogen-bond acceptors (Lipinski definition) is 4. The molecule has 0 aromatic heterocycles. The highest BCUT2D eigenvalue weighted by Gasteiger charge is 2.16. The van der Waals surface area contributed by atoms with Gasteiger partial charge in [0.15, 0.2) is 5.78 Å². The molecule has 1 rings (SSSR count). The molecule has 0 saturated carbocycles. The van der Waals surface area contributed by atoms with Crippen LogP contribution in [0.5, 0.6) is 11.5 Å². The number of carbonyl (C=O) groups excluding carboxylic acids is 1. The van der Waals surface area contributed by atoms with E-state index in [-0.39, 0.29) is 11.2 Å². The van der Waals surface area contributed by atoms with Crippen molar-refractivity contribution >= 4 is 5.78 Å². The largest absolute Gasteiger partial charge is 0.495 e. The van der Waals surface area contributed by atoms with Crippen LogP contribution in [0.4, 0.5) is 0 Å². The Bertz CT molecular complexity index is 551. The van der Waals surface area contributed by atoms with E-state index in [9.17, 15) is 4.79 Å². The smallest absolute Gasteiger partial charge is 0.160 e. The molecule has 114 valence electrons. The van der Waals surface area contributed by atoms with Gasteiger partial charge in [-0.2, -0.15) is 0 Å². The molecule has 4 nitrogen and oxygen atoms in total. The van der Waals surface area contributed by atoms with Crippen LogP contribution in [0.3, 0.4) is 0 Å². The summed E-state index contributed by atoms with van der Waals surface area (Å²) in [5, 5.41) is 0. The van der Waals surface area contributed by atoms with E-state index in [1.165, 1.54) is 6.92 Å². The molecule has 0 atom stereocenters. The average molecular weight is 290 g/mol. The first-order chi connectivity index (χ1) is 9.84. The van der Waals surface area contributed by atoms with Gasteiger partial charge < -0.3 is 14.2 Å². The molecule has 0 bridgehead atoms. The third kappa shape index (κ3) is 4.51. The zero-order valence-electron chi connectivity index (χ0n) is 13.5. The second-order valence-electron chi connectivity index (χ2n) is 5.38. The Balaban J connectivity index is 3.35. The molecule has 0 aliphatic carbocycles. The summed E-state index contributed by atoms with van der Waals surface area (Å²) in [6.07, 6.45) is 0. The molecule has 4 heteroatoms. The highest BCUT2D eigenvalue weighted by Crippen LogP contribution is 2.30. The molecule has 0 spiro atoms. The lowest BCUT2D eigenvalue weighted by Gasteiger charge is -2.16. The first-order valence-corrected chi connectivity index (χ1v) is 6.63. The molecule has 0 heterocycles. The van der Waals surface area contributed by atoms with Crippen LogP contribution in [0.25, 0.3) is 0 Å². The van der Waals surface area contributed by atoms with Crippen LogP contribution in [0.2, 0.25) is 0 Å². The van der Waals surface area contributed by atoms with Gasteiger partial charge in [0, 0.05) is 18.1 Å². The number of rotatable bonds is 5. The Hall–Kier alpha value is -1.99. The van der Waals surface area contributed by atoms with Crippen molar-refractivity contribution in [2.75, 3.05) is 27.9 Å². The van der Waals surface area contributed by atoms with E-state index in [1.54, 1.807) is 33.5 Å². The molecular weight excluding hydrogens is 268 g/mol. The van der Waals surface area contributed by atoms with Crippen LogP contribution in [-0.4, -0.2) is 33.7 Å². The predicted molar refractivity (Wildman–Crippen MR) is 82.1 cm³/mol. The number of carbonyl (C=O) groups is 1. The van der Waals surface area contributed by atoms with Crippen molar-refractivity contribution in [3.8, 4) is 23.3 Å². The van der Waals surface area contributed by atoms with Gasteiger partial charge in [-0.3, -0.25) is 4.79 Å². The summed E-state index contributed by atoms with van der Waals surface area (Å²) in [4.78, 5) is 11.5. The minimum atomic E-state index is -0.288. The Kier molecular flexibility index (Phi) is 5.80. The number of methoxy groups -OCH3 is 3. The SMILES string of the molecule is COCC(C)(C)C#Cc1c(OC)cc(C(C)=O)cc1OC. The molecule has 0 amide bonds. The van der Waals surface area contributed by atoms with Crippen molar-refractivity contribution < 1.29 is 19.0 Å².